The van der Waals surface area contributed by atoms with Crippen molar-refractivity contribution in [1.29, 1.82) is 0 Å². The monoisotopic (exact) mass is 552 g/mol. The Morgan fingerprint density at radius 3 is 2.40 bits per heavy atom. The summed E-state index contributed by atoms with van der Waals surface area (Å²) in [6.45, 7) is 3.30. The van der Waals surface area contributed by atoms with Crippen LogP contribution in [0.1, 0.15) is 55.5 Å². The Hall–Kier alpha value is -4.34. The van der Waals surface area contributed by atoms with E-state index in [0.29, 0.717) is 12.0 Å². The molecule has 3 atom stereocenters. The van der Waals surface area contributed by atoms with E-state index in [4.69, 9.17) is 0 Å². The Bertz CT molecular complexity index is 1280. The predicted molar refractivity (Wildman–Crippen MR) is 148 cm³/mol. The molecule has 40 heavy (non-hydrogen) atoms. The number of amides is 1. The maximum atomic E-state index is 13.3. The first-order valence-corrected chi connectivity index (χ1v) is 13.1. The Labute approximate surface area is 233 Å². The van der Waals surface area contributed by atoms with Gasteiger partial charge in [0.15, 0.2) is 11.6 Å². The van der Waals surface area contributed by atoms with Gasteiger partial charge in [0.1, 0.15) is 0 Å². The van der Waals surface area contributed by atoms with E-state index in [0.717, 1.165) is 4.57 Å². The molecule has 214 valence electrons. The van der Waals surface area contributed by atoms with Gasteiger partial charge in [0.2, 0.25) is 0 Å². The maximum absolute atomic E-state index is 13.3. The van der Waals surface area contributed by atoms with Crippen LogP contribution in [0.2, 0.25) is 0 Å². The highest BCUT2D eigenvalue weighted by Crippen LogP contribution is 2.20. The molecule has 1 unspecified atom stereocenters. The van der Waals surface area contributed by atoms with Gasteiger partial charge in [-0.25, -0.2) is 4.79 Å². The molecule has 2 N–H and O–H groups in total. The number of Topliss-reactive ketones (excluding diaryl/α,β-unsaturated/α-hetero) is 2. The highest BCUT2D eigenvalue weighted by Gasteiger charge is 2.27. The molecule has 2 aromatic rings. The fourth-order valence-electron chi connectivity index (χ4n) is 4.13. The van der Waals surface area contributed by atoms with Gasteiger partial charge in [-0.3, -0.25) is 24.0 Å². The first-order valence-electron chi connectivity index (χ1n) is 13.1. The van der Waals surface area contributed by atoms with E-state index in [1.54, 1.807) is 37.3 Å². The highest BCUT2D eigenvalue weighted by atomic mass is 16.5. The SMILES string of the molecule is CCC(C)[C@H](CC(=O)Cn1cccc(CC(=O)[C@H](CC/C=C/C(=O)OC)NC(=O)c2ccccc2)c1=O)C(=O)O. The van der Waals surface area contributed by atoms with E-state index in [9.17, 15) is 33.9 Å². The van der Waals surface area contributed by atoms with Crippen molar-refractivity contribution in [2.75, 3.05) is 7.11 Å². The van der Waals surface area contributed by atoms with Crippen molar-refractivity contribution in [3.8, 4) is 0 Å². The minimum atomic E-state index is -1.06. The number of aliphatic carboxylic acids is 1. The van der Waals surface area contributed by atoms with Crippen LogP contribution < -0.4 is 10.9 Å². The van der Waals surface area contributed by atoms with Crippen LogP contribution in [0.5, 0.6) is 0 Å². The van der Waals surface area contributed by atoms with Crippen LogP contribution in [0.25, 0.3) is 0 Å². The van der Waals surface area contributed by atoms with Gasteiger partial charge in [0, 0.05) is 36.2 Å². The van der Waals surface area contributed by atoms with Crippen molar-refractivity contribution in [2.24, 2.45) is 11.8 Å². The quantitative estimate of drug-likeness (QED) is 0.238. The molecule has 1 aromatic carbocycles. The number of ketones is 2. The third-order valence-corrected chi connectivity index (χ3v) is 6.71. The average molecular weight is 553 g/mol. The Morgan fingerprint density at radius 1 is 1.07 bits per heavy atom. The molecule has 1 aromatic heterocycles. The lowest BCUT2D eigenvalue weighted by molar-refractivity contribution is -0.145. The van der Waals surface area contributed by atoms with Crippen LogP contribution in [0, 0.1) is 11.8 Å². The summed E-state index contributed by atoms with van der Waals surface area (Å²) in [5.41, 5.74) is -0.0394. The summed E-state index contributed by atoms with van der Waals surface area (Å²) in [4.78, 5) is 74.7. The summed E-state index contributed by atoms with van der Waals surface area (Å²) in [5, 5.41) is 12.2. The van der Waals surface area contributed by atoms with E-state index in [1.807, 2.05) is 6.92 Å². The molecule has 10 heteroatoms. The van der Waals surface area contributed by atoms with E-state index in [1.165, 1.54) is 37.6 Å². The van der Waals surface area contributed by atoms with Gasteiger partial charge in [0.05, 0.1) is 25.6 Å². The average Bonchev–Trinajstić information content (AvgIpc) is 2.94. The second-order valence-corrected chi connectivity index (χ2v) is 9.58. The van der Waals surface area contributed by atoms with Gasteiger partial charge in [-0.05, 0) is 37.0 Å². The molecule has 0 radical (unpaired) electrons. The van der Waals surface area contributed by atoms with E-state index >= 15 is 0 Å². The van der Waals surface area contributed by atoms with Gasteiger partial charge >= 0.3 is 11.9 Å². The van der Waals surface area contributed by atoms with Crippen molar-refractivity contribution >= 4 is 29.4 Å². The number of nitrogens with one attached hydrogen (secondary N) is 1. The Balaban J connectivity index is 2.18. The number of ether oxygens (including phenoxy) is 1. The molecule has 0 saturated heterocycles. The molecular weight excluding hydrogens is 516 g/mol. The molecule has 1 amide bonds. The summed E-state index contributed by atoms with van der Waals surface area (Å²) in [7, 11) is 1.25. The maximum Gasteiger partial charge on any atom is 0.330 e. The van der Waals surface area contributed by atoms with Crippen LogP contribution in [0.15, 0.2) is 65.6 Å². The summed E-state index contributed by atoms with van der Waals surface area (Å²) in [6.07, 6.45) is 4.74. The number of nitrogens with zero attached hydrogens (tertiary/aromatic N) is 1. The number of esters is 1. The van der Waals surface area contributed by atoms with Crippen LogP contribution in [0.3, 0.4) is 0 Å². The number of methoxy groups -OCH3 is 1. The molecular formula is C30H36N2O8. The zero-order valence-electron chi connectivity index (χ0n) is 23.0. The lowest BCUT2D eigenvalue weighted by atomic mass is 9.87. The zero-order valence-corrected chi connectivity index (χ0v) is 23.0. The van der Waals surface area contributed by atoms with Crippen LogP contribution in [-0.4, -0.2) is 52.2 Å². The van der Waals surface area contributed by atoms with Crippen LogP contribution in [-0.2, 0) is 36.9 Å². The number of carbonyl (C=O) groups is 5. The van der Waals surface area contributed by atoms with Gasteiger partial charge in [0.25, 0.3) is 11.5 Å². The van der Waals surface area contributed by atoms with E-state index < -0.39 is 46.9 Å². The molecule has 0 aliphatic rings. The number of carboxylic acid groups (broad SMARTS) is 1. The highest BCUT2D eigenvalue weighted by molar-refractivity contribution is 5.98. The first-order chi connectivity index (χ1) is 19.1. The fraction of sp³-hybridized carbons (Fsp3) is 0.400. The molecule has 10 nitrogen and oxygen atoms in total. The minimum Gasteiger partial charge on any atom is -0.481 e. The number of carboxylic acids is 1. The number of aromatic nitrogens is 1. The number of rotatable bonds is 16. The van der Waals surface area contributed by atoms with Crippen LogP contribution in [0.4, 0.5) is 0 Å². The number of hydrogen-bond donors (Lipinski definition) is 2. The molecule has 0 fully saturated rings. The topological polar surface area (TPSA) is 149 Å². The van der Waals surface area contributed by atoms with Crippen LogP contribution >= 0.6 is 0 Å². The minimum absolute atomic E-state index is 0.140. The molecule has 0 bridgehead atoms. The summed E-state index contributed by atoms with van der Waals surface area (Å²) in [6, 6.07) is 10.4. The fourth-order valence-corrected chi connectivity index (χ4v) is 4.13. The molecule has 0 spiro atoms. The first kappa shape index (κ1) is 31.9. The third-order valence-electron chi connectivity index (χ3n) is 6.71. The molecule has 0 aliphatic heterocycles. The molecule has 2 rings (SSSR count). The zero-order chi connectivity index (χ0) is 29.7. The smallest absolute Gasteiger partial charge is 0.330 e. The second-order valence-electron chi connectivity index (χ2n) is 9.58. The number of hydrogen-bond acceptors (Lipinski definition) is 7. The normalized spacial score (nSPS) is 13.3. The lowest BCUT2D eigenvalue weighted by Crippen LogP contribution is -2.42. The van der Waals surface area contributed by atoms with Crippen molar-refractivity contribution in [3.63, 3.8) is 0 Å². The second kappa shape index (κ2) is 15.9. The van der Waals surface area contributed by atoms with E-state index in [2.05, 4.69) is 10.1 Å². The number of carbonyl (C=O) groups excluding carboxylic acids is 4. The molecule has 0 aliphatic carbocycles. The predicted octanol–water partition coefficient (Wildman–Crippen LogP) is 2.97. The van der Waals surface area contributed by atoms with Crippen molar-refractivity contribution in [3.05, 3.63) is 82.3 Å². The van der Waals surface area contributed by atoms with Crippen molar-refractivity contribution in [2.45, 2.75) is 58.5 Å². The summed E-state index contributed by atoms with van der Waals surface area (Å²) < 4.78 is 5.72. The van der Waals surface area contributed by atoms with Gasteiger partial charge in [-0.1, -0.05) is 50.6 Å². The van der Waals surface area contributed by atoms with Crippen molar-refractivity contribution < 1.29 is 33.8 Å². The number of benzene rings is 1. The summed E-state index contributed by atoms with van der Waals surface area (Å²) >= 11 is 0. The summed E-state index contributed by atoms with van der Waals surface area (Å²) in [5.74, 6) is -3.92. The number of pyridine rings is 1. The van der Waals surface area contributed by atoms with Crippen molar-refractivity contribution in [1.82, 2.24) is 9.88 Å². The van der Waals surface area contributed by atoms with E-state index in [-0.39, 0.29) is 43.7 Å². The lowest BCUT2D eigenvalue weighted by Gasteiger charge is -2.18. The van der Waals surface area contributed by atoms with Gasteiger partial charge in [-0.2, -0.15) is 0 Å². The Kier molecular flexibility index (Phi) is 12.7. The largest absolute Gasteiger partial charge is 0.481 e. The molecule has 1 heterocycles. The molecule has 0 saturated carbocycles. The standard InChI is InChI=1S/C30H36N2O8/c1-4-20(2)24(30(38)39)18-23(33)19-32-16-10-13-22(29(32)37)17-26(34)25(14-8-9-15-27(35)40-3)31-28(36)21-11-6-5-7-12-21/h5-7,9-13,15-16,20,24-25H,4,8,14,17-19H2,1-3H3,(H,31,36)(H,38,39)/b15-9+/t20?,24-,25-/m0/s1. The third kappa shape index (κ3) is 9.76. The Morgan fingerprint density at radius 2 is 1.77 bits per heavy atom. The van der Waals surface area contributed by atoms with Gasteiger partial charge in [-0.15, -0.1) is 0 Å². The number of allylic oxidation sites excluding steroid dienone is 1. The van der Waals surface area contributed by atoms with Gasteiger partial charge < -0.3 is 19.7 Å².